The summed E-state index contributed by atoms with van der Waals surface area (Å²) in [5, 5.41) is 11.1. The zero-order valence-electron chi connectivity index (χ0n) is 21.3. The molecule has 1 atom stereocenters. The van der Waals surface area contributed by atoms with E-state index in [9.17, 15) is 45.5 Å². The van der Waals surface area contributed by atoms with Crippen molar-refractivity contribution in [2.75, 3.05) is 6.54 Å². The van der Waals surface area contributed by atoms with E-state index < -0.39 is 65.2 Å². The second-order valence-corrected chi connectivity index (χ2v) is 9.86. The van der Waals surface area contributed by atoms with Gasteiger partial charge in [0.15, 0.2) is 11.6 Å². The summed E-state index contributed by atoms with van der Waals surface area (Å²) >= 11 is -0.427. The molecule has 0 spiro atoms. The summed E-state index contributed by atoms with van der Waals surface area (Å²) in [5.74, 6) is -5.21. The lowest BCUT2D eigenvalue weighted by molar-refractivity contribution is -0.274. The molecule has 0 aromatic heterocycles. The van der Waals surface area contributed by atoms with Crippen molar-refractivity contribution < 1.29 is 55.4 Å². The third-order valence-corrected chi connectivity index (χ3v) is 6.37. The van der Waals surface area contributed by atoms with Crippen molar-refractivity contribution in [3.05, 3.63) is 95.1 Å². The highest BCUT2D eigenvalue weighted by atomic mass is 32.2. The zero-order chi connectivity index (χ0) is 31.1. The third-order valence-electron chi connectivity index (χ3n) is 5.65. The van der Waals surface area contributed by atoms with Crippen LogP contribution in [0, 0.1) is 0 Å². The van der Waals surface area contributed by atoms with Crippen LogP contribution >= 0.6 is 11.8 Å². The number of hydrogen-bond donors (Lipinski definition) is 2. The maximum absolute atomic E-state index is 13.5. The number of hydrogen-bond acceptors (Lipinski definition) is 6. The Kier molecular flexibility index (Phi) is 10.4. The van der Waals surface area contributed by atoms with Gasteiger partial charge in [0.1, 0.15) is 5.75 Å². The van der Waals surface area contributed by atoms with Crippen LogP contribution in [0.1, 0.15) is 55.4 Å². The van der Waals surface area contributed by atoms with Gasteiger partial charge in [-0.2, -0.15) is 13.2 Å². The molecule has 3 rings (SSSR count). The highest BCUT2D eigenvalue weighted by Crippen LogP contribution is 2.37. The molecule has 7 nitrogen and oxygen atoms in total. The van der Waals surface area contributed by atoms with Crippen LogP contribution in [-0.2, 0) is 4.79 Å². The summed E-state index contributed by atoms with van der Waals surface area (Å²) in [6, 6.07) is 14.2. The van der Waals surface area contributed by atoms with E-state index in [1.54, 1.807) is 0 Å². The van der Waals surface area contributed by atoms with E-state index >= 15 is 0 Å². The van der Waals surface area contributed by atoms with Crippen molar-refractivity contribution in [3.8, 4) is 5.75 Å². The number of thioether (sulfide) groups is 1. The van der Waals surface area contributed by atoms with Gasteiger partial charge in [0.2, 0.25) is 0 Å². The Labute approximate surface area is 238 Å². The van der Waals surface area contributed by atoms with E-state index in [1.165, 1.54) is 42.5 Å². The lowest BCUT2D eigenvalue weighted by Crippen LogP contribution is -2.26. The van der Waals surface area contributed by atoms with Crippen LogP contribution < -0.4 is 10.1 Å². The first-order valence-corrected chi connectivity index (χ1v) is 12.8. The number of halogens is 6. The van der Waals surface area contributed by atoms with E-state index in [0.717, 1.165) is 30.3 Å². The molecule has 0 aliphatic carbocycles. The number of aliphatic carboxylic acids is 1. The van der Waals surface area contributed by atoms with E-state index in [4.69, 9.17) is 5.11 Å². The van der Waals surface area contributed by atoms with Crippen molar-refractivity contribution in [2.24, 2.45) is 0 Å². The van der Waals surface area contributed by atoms with Crippen molar-refractivity contribution in [1.82, 2.24) is 5.32 Å². The molecule has 42 heavy (non-hydrogen) atoms. The number of Topliss-reactive ketones (excluding diaryl/α,β-unsaturated/α-hetero) is 2. The molecule has 14 heteroatoms. The van der Waals surface area contributed by atoms with Crippen LogP contribution in [0.2, 0.25) is 0 Å². The summed E-state index contributed by atoms with van der Waals surface area (Å²) in [7, 11) is 0. The average Bonchev–Trinajstić information content (AvgIpc) is 2.89. The topological polar surface area (TPSA) is 110 Å². The molecular formula is C28H21F6NO6S. The number of amides is 1. The molecule has 2 N–H and O–H groups in total. The summed E-state index contributed by atoms with van der Waals surface area (Å²) < 4.78 is 80.5. The van der Waals surface area contributed by atoms with Crippen LogP contribution in [0.3, 0.4) is 0 Å². The minimum absolute atomic E-state index is 0.0964. The van der Waals surface area contributed by atoms with Crippen molar-refractivity contribution >= 4 is 35.2 Å². The second kappa shape index (κ2) is 13.6. The number of ether oxygens (including phenoxy) is 1. The normalized spacial score (nSPS) is 12.3. The largest absolute Gasteiger partial charge is 0.573 e. The summed E-state index contributed by atoms with van der Waals surface area (Å²) in [6.07, 6.45) is -5.91. The van der Waals surface area contributed by atoms with Gasteiger partial charge >= 0.3 is 17.8 Å². The average molecular weight is 614 g/mol. The number of benzene rings is 3. The predicted octanol–water partition coefficient (Wildman–Crippen LogP) is 6.64. The number of carboxylic acid groups (broad SMARTS) is 1. The molecule has 0 aliphatic heterocycles. The lowest BCUT2D eigenvalue weighted by atomic mass is 9.85. The molecule has 3 aromatic rings. The molecule has 1 amide bonds. The minimum Gasteiger partial charge on any atom is -0.481 e. The smallest absolute Gasteiger partial charge is 0.481 e. The number of rotatable bonds is 12. The first-order chi connectivity index (χ1) is 19.6. The number of ketones is 2. The summed E-state index contributed by atoms with van der Waals surface area (Å²) in [4.78, 5) is 49.4. The molecule has 0 bridgehead atoms. The van der Waals surface area contributed by atoms with Gasteiger partial charge in [-0.1, -0.05) is 36.4 Å². The van der Waals surface area contributed by atoms with E-state index in [2.05, 4.69) is 10.1 Å². The Hall–Kier alpha value is -4.33. The maximum Gasteiger partial charge on any atom is 0.573 e. The van der Waals surface area contributed by atoms with Gasteiger partial charge in [-0.05, 0) is 53.7 Å². The second-order valence-electron chi connectivity index (χ2n) is 8.72. The molecule has 0 radical (unpaired) electrons. The van der Waals surface area contributed by atoms with E-state index in [1.807, 2.05) is 0 Å². The van der Waals surface area contributed by atoms with Gasteiger partial charge < -0.3 is 15.2 Å². The maximum atomic E-state index is 13.5. The van der Waals surface area contributed by atoms with Crippen LogP contribution in [0.15, 0.2) is 77.7 Å². The summed E-state index contributed by atoms with van der Waals surface area (Å²) in [6.45, 7) is -0.145. The fourth-order valence-corrected chi connectivity index (χ4v) is 4.43. The third kappa shape index (κ3) is 9.94. The number of nitrogens with one attached hydrogen (secondary N) is 1. The molecule has 0 fully saturated rings. The van der Waals surface area contributed by atoms with Crippen molar-refractivity contribution in [3.63, 3.8) is 0 Å². The van der Waals surface area contributed by atoms with Gasteiger partial charge in [0, 0.05) is 34.6 Å². The molecule has 0 heterocycles. The van der Waals surface area contributed by atoms with Gasteiger partial charge in [0.05, 0.1) is 12.3 Å². The lowest BCUT2D eigenvalue weighted by Gasteiger charge is -2.18. The Morgan fingerprint density at radius 1 is 0.833 bits per heavy atom. The monoisotopic (exact) mass is 613 g/mol. The van der Waals surface area contributed by atoms with Crippen molar-refractivity contribution in [2.45, 2.75) is 35.5 Å². The first-order valence-electron chi connectivity index (χ1n) is 12.0. The molecule has 222 valence electrons. The van der Waals surface area contributed by atoms with Crippen LogP contribution in [0.4, 0.5) is 26.3 Å². The first kappa shape index (κ1) is 32.2. The fraction of sp³-hybridized carbons (Fsp3) is 0.214. The minimum atomic E-state index is -5.03. The highest BCUT2D eigenvalue weighted by Gasteiger charge is 2.32. The zero-order valence-corrected chi connectivity index (χ0v) is 22.1. The van der Waals surface area contributed by atoms with Crippen molar-refractivity contribution in [1.29, 1.82) is 0 Å². The number of carbonyl (C=O) groups is 4. The number of carbonyl (C=O) groups excluding carboxylic acids is 3. The number of carboxylic acids is 1. The molecular weight excluding hydrogens is 592 g/mol. The van der Waals surface area contributed by atoms with Gasteiger partial charge in [-0.3, -0.25) is 19.2 Å². The molecule has 0 saturated heterocycles. The highest BCUT2D eigenvalue weighted by molar-refractivity contribution is 8.00. The van der Waals surface area contributed by atoms with Gasteiger partial charge in [-0.25, -0.2) is 0 Å². The SMILES string of the molecule is O=C(O)CCNC(=O)c1ccc(C(CC(=O)c2cccc(SC(F)(F)F)c2)C(=O)c2cccc(OC(F)(F)F)c2)cc1. The van der Waals surface area contributed by atoms with Gasteiger partial charge in [-0.15, -0.1) is 13.2 Å². The molecule has 0 saturated carbocycles. The van der Waals surface area contributed by atoms with E-state index in [-0.39, 0.29) is 40.1 Å². The number of alkyl halides is 6. The van der Waals surface area contributed by atoms with Gasteiger partial charge in [0.25, 0.3) is 5.91 Å². The van der Waals surface area contributed by atoms with Crippen LogP contribution in [0.25, 0.3) is 0 Å². The summed E-state index contributed by atoms with van der Waals surface area (Å²) in [5.41, 5.74) is -4.67. The molecule has 3 aromatic carbocycles. The molecule has 0 aliphatic rings. The van der Waals surface area contributed by atoms with Crippen LogP contribution in [0.5, 0.6) is 5.75 Å². The van der Waals surface area contributed by atoms with E-state index in [0.29, 0.717) is 0 Å². The Morgan fingerprint density at radius 2 is 1.48 bits per heavy atom. The molecule has 1 unspecified atom stereocenters. The standard InChI is InChI=1S/C28H21F6NO6S/c29-27(30,31)41-20-5-1-4-19(13-20)25(39)22(15-23(36)18-3-2-6-21(14-18)42-28(32,33)34)16-7-9-17(10-8-16)26(40)35-12-11-24(37)38/h1-10,13-14,22H,11-12,15H2,(H,35,40)(H,37,38). The quantitative estimate of drug-likeness (QED) is 0.134. The van der Waals surface area contributed by atoms with Crippen LogP contribution in [-0.4, -0.2) is 47.0 Å². The predicted molar refractivity (Wildman–Crippen MR) is 139 cm³/mol. The Balaban J connectivity index is 1.92. The fourth-order valence-electron chi connectivity index (χ4n) is 3.83. The Morgan fingerprint density at radius 3 is 2.10 bits per heavy atom. The Bertz CT molecular complexity index is 1460.